The zero-order valence-corrected chi connectivity index (χ0v) is 18.1. The lowest BCUT2D eigenvalue weighted by Crippen LogP contribution is -2.61. The lowest BCUT2D eigenvalue weighted by Gasteiger charge is -2.47. The van der Waals surface area contributed by atoms with Crippen molar-refractivity contribution >= 4 is 23.5 Å². The Morgan fingerprint density at radius 1 is 1.19 bits per heavy atom. The summed E-state index contributed by atoms with van der Waals surface area (Å²) in [6.45, 7) is 8.21. The van der Waals surface area contributed by atoms with Crippen molar-refractivity contribution in [2.24, 2.45) is 0 Å². The van der Waals surface area contributed by atoms with Gasteiger partial charge in [-0.1, -0.05) is 12.1 Å². The number of benzene rings is 1. The highest BCUT2D eigenvalue weighted by Crippen LogP contribution is 2.26. The first-order chi connectivity index (χ1) is 14.7. The molecule has 8 nitrogen and oxygen atoms in total. The minimum Gasteiger partial charge on any atom is -0.465 e. The van der Waals surface area contributed by atoms with Gasteiger partial charge in [0.05, 0.1) is 5.69 Å². The van der Waals surface area contributed by atoms with Crippen LogP contribution in [0.4, 0.5) is 25.4 Å². The van der Waals surface area contributed by atoms with Crippen LogP contribution in [0, 0.1) is 12.7 Å². The number of rotatable bonds is 4. The lowest BCUT2D eigenvalue weighted by molar-refractivity contribution is -0.0000391. The molecule has 166 valence electrons. The van der Waals surface area contributed by atoms with Crippen molar-refractivity contribution in [2.75, 3.05) is 17.2 Å². The second kappa shape index (κ2) is 9.30. The minimum absolute atomic E-state index is 0.0726. The monoisotopic (exact) mass is 429 g/mol. The summed E-state index contributed by atoms with van der Waals surface area (Å²) >= 11 is 0. The van der Waals surface area contributed by atoms with E-state index in [-0.39, 0.29) is 23.8 Å². The van der Waals surface area contributed by atoms with E-state index in [1.807, 2.05) is 27.7 Å². The quantitative estimate of drug-likeness (QED) is 0.679. The number of amides is 3. The van der Waals surface area contributed by atoms with Gasteiger partial charge in [0.25, 0.3) is 0 Å². The number of carboxylic acid groups (broad SMARTS) is 1. The second-order valence-corrected chi connectivity index (χ2v) is 7.98. The Labute approximate surface area is 181 Å². The van der Waals surface area contributed by atoms with Gasteiger partial charge < -0.3 is 20.6 Å². The molecular weight excluding hydrogens is 401 g/mol. The molecule has 2 aromatic rings. The summed E-state index contributed by atoms with van der Waals surface area (Å²) in [4.78, 5) is 31.4. The van der Waals surface area contributed by atoms with Crippen molar-refractivity contribution in [2.45, 2.75) is 52.4 Å². The van der Waals surface area contributed by atoms with Crippen LogP contribution in [0.3, 0.4) is 0 Å². The predicted molar refractivity (Wildman–Crippen MR) is 117 cm³/mol. The molecule has 2 heterocycles. The summed E-state index contributed by atoms with van der Waals surface area (Å²) in [6.07, 6.45) is 0.637. The minimum atomic E-state index is -0.946. The van der Waals surface area contributed by atoms with Gasteiger partial charge in [-0.3, -0.25) is 9.88 Å². The largest absolute Gasteiger partial charge is 0.465 e. The summed E-state index contributed by atoms with van der Waals surface area (Å²) < 4.78 is 15.2. The summed E-state index contributed by atoms with van der Waals surface area (Å²) in [5.41, 5.74) is 1.84. The van der Waals surface area contributed by atoms with Crippen LogP contribution in [0.2, 0.25) is 0 Å². The molecule has 1 aliphatic rings. The fourth-order valence-corrected chi connectivity index (χ4v) is 3.95. The molecule has 9 heteroatoms. The number of nitrogens with one attached hydrogen (secondary N) is 2. The number of aromatic nitrogens is 1. The molecule has 1 saturated heterocycles. The SMILES string of the molecule is Cc1cc(NC(=O)Nc2cccc(CN3[C@H](C)C(C)N(C(=O)O)C[C@@H]3C)c2F)ccn1. The molecule has 1 unspecified atom stereocenters. The van der Waals surface area contributed by atoms with E-state index < -0.39 is 17.9 Å². The van der Waals surface area contributed by atoms with E-state index in [4.69, 9.17) is 0 Å². The Morgan fingerprint density at radius 2 is 1.94 bits per heavy atom. The highest BCUT2D eigenvalue weighted by atomic mass is 19.1. The number of carbonyl (C=O) groups excluding carboxylic acids is 1. The topological polar surface area (TPSA) is 97.8 Å². The number of aryl methyl sites for hydroxylation is 1. The molecule has 0 saturated carbocycles. The highest BCUT2D eigenvalue weighted by molar-refractivity contribution is 5.99. The van der Waals surface area contributed by atoms with Crippen LogP contribution in [0.25, 0.3) is 0 Å². The number of hydrogen-bond donors (Lipinski definition) is 3. The molecule has 0 spiro atoms. The van der Waals surface area contributed by atoms with Crippen LogP contribution in [-0.4, -0.2) is 56.7 Å². The standard InChI is InChI=1S/C22H28FN5O3/c1-13-10-18(8-9-24-13)25-21(29)26-19-7-5-6-17(20(19)23)12-27-14(2)11-28(22(30)31)16(4)15(27)3/h5-10,14-16H,11-12H2,1-4H3,(H,30,31)(H2,24,25,26,29)/t14-,15+,16?/m0/s1. The van der Waals surface area contributed by atoms with Gasteiger partial charge in [-0.25, -0.2) is 14.0 Å². The maximum atomic E-state index is 15.2. The van der Waals surface area contributed by atoms with Crippen LogP contribution >= 0.6 is 0 Å². The van der Waals surface area contributed by atoms with Gasteiger partial charge >= 0.3 is 12.1 Å². The fraction of sp³-hybridized carbons (Fsp3) is 0.409. The Hall–Kier alpha value is -3.20. The summed E-state index contributed by atoms with van der Waals surface area (Å²) in [5.74, 6) is -0.503. The van der Waals surface area contributed by atoms with Crippen molar-refractivity contribution in [3.8, 4) is 0 Å². The number of halogens is 1. The summed E-state index contributed by atoms with van der Waals surface area (Å²) in [7, 11) is 0. The van der Waals surface area contributed by atoms with Gasteiger partial charge in [0, 0.05) is 54.4 Å². The van der Waals surface area contributed by atoms with Crippen LogP contribution < -0.4 is 10.6 Å². The van der Waals surface area contributed by atoms with Crippen molar-refractivity contribution < 1.29 is 19.1 Å². The number of urea groups is 1. The molecule has 3 atom stereocenters. The van der Waals surface area contributed by atoms with E-state index in [2.05, 4.69) is 20.5 Å². The summed E-state index contributed by atoms with van der Waals surface area (Å²) in [6, 6.07) is 7.32. The first kappa shape index (κ1) is 22.5. The molecule has 0 aliphatic carbocycles. The van der Waals surface area contributed by atoms with Gasteiger partial charge in [-0.05, 0) is 45.9 Å². The van der Waals surface area contributed by atoms with E-state index in [1.54, 1.807) is 30.5 Å². The van der Waals surface area contributed by atoms with E-state index in [0.29, 0.717) is 24.3 Å². The zero-order chi connectivity index (χ0) is 22.7. The van der Waals surface area contributed by atoms with Crippen molar-refractivity contribution in [3.05, 3.63) is 53.6 Å². The smallest absolute Gasteiger partial charge is 0.407 e. The van der Waals surface area contributed by atoms with Gasteiger partial charge in [0.2, 0.25) is 0 Å². The van der Waals surface area contributed by atoms with Crippen molar-refractivity contribution in [3.63, 3.8) is 0 Å². The molecule has 0 radical (unpaired) electrons. The van der Waals surface area contributed by atoms with E-state index >= 15 is 4.39 Å². The van der Waals surface area contributed by atoms with Crippen LogP contribution in [-0.2, 0) is 6.54 Å². The van der Waals surface area contributed by atoms with Gasteiger partial charge in [0.1, 0.15) is 0 Å². The molecule has 3 rings (SSSR count). The van der Waals surface area contributed by atoms with E-state index in [9.17, 15) is 14.7 Å². The maximum absolute atomic E-state index is 15.2. The Balaban J connectivity index is 1.72. The molecular formula is C22H28FN5O3. The van der Waals surface area contributed by atoms with Gasteiger partial charge in [-0.2, -0.15) is 0 Å². The number of pyridine rings is 1. The van der Waals surface area contributed by atoms with Crippen molar-refractivity contribution in [1.29, 1.82) is 0 Å². The molecule has 1 aliphatic heterocycles. The summed E-state index contributed by atoms with van der Waals surface area (Å²) in [5, 5.41) is 14.6. The third-order valence-corrected chi connectivity index (χ3v) is 5.82. The Kier molecular flexibility index (Phi) is 6.74. The van der Waals surface area contributed by atoms with Gasteiger partial charge in [0.15, 0.2) is 5.82 Å². The molecule has 3 amide bonds. The molecule has 1 aromatic carbocycles. The molecule has 3 N–H and O–H groups in total. The first-order valence-electron chi connectivity index (χ1n) is 10.2. The van der Waals surface area contributed by atoms with Crippen LogP contribution in [0.1, 0.15) is 32.0 Å². The van der Waals surface area contributed by atoms with Crippen LogP contribution in [0.5, 0.6) is 0 Å². The maximum Gasteiger partial charge on any atom is 0.407 e. The molecule has 31 heavy (non-hydrogen) atoms. The molecule has 0 bridgehead atoms. The Bertz CT molecular complexity index is 970. The number of nitrogens with zero attached hydrogens (tertiary/aromatic N) is 3. The average Bonchev–Trinajstić information content (AvgIpc) is 2.70. The number of carbonyl (C=O) groups is 2. The number of hydrogen-bond acceptors (Lipinski definition) is 4. The molecule has 1 fully saturated rings. The lowest BCUT2D eigenvalue weighted by atomic mass is 9.99. The van der Waals surface area contributed by atoms with Crippen molar-refractivity contribution in [1.82, 2.24) is 14.8 Å². The normalized spacial score (nSPS) is 21.6. The van der Waals surface area contributed by atoms with Gasteiger partial charge in [-0.15, -0.1) is 0 Å². The zero-order valence-electron chi connectivity index (χ0n) is 18.1. The molecule has 1 aromatic heterocycles. The average molecular weight is 429 g/mol. The number of piperazine rings is 1. The van der Waals surface area contributed by atoms with E-state index in [1.165, 1.54) is 11.0 Å². The van der Waals surface area contributed by atoms with E-state index in [0.717, 1.165) is 5.69 Å². The second-order valence-electron chi connectivity index (χ2n) is 7.98. The fourth-order valence-electron chi connectivity index (χ4n) is 3.95. The third-order valence-electron chi connectivity index (χ3n) is 5.82. The predicted octanol–water partition coefficient (Wildman–Crippen LogP) is 4.13. The van der Waals surface area contributed by atoms with Crippen LogP contribution in [0.15, 0.2) is 36.5 Å². The highest BCUT2D eigenvalue weighted by Gasteiger charge is 2.37. The third kappa shape index (κ3) is 5.11. The number of anilines is 2. The Morgan fingerprint density at radius 3 is 2.61 bits per heavy atom. The first-order valence-corrected chi connectivity index (χ1v) is 10.2.